The Balaban J connectivity index is 1.82. The van der Waals surface area contributed by atoms with E-state index >= 15 is 0 Å². The largest absolute Gasteiger partial charge is 0.385 e. The van der Waals surface area contributed by atoms with Gasteiger partial charge >= 0.3 is 0 Å². The number of carbonyl (C=O) groups excluding carboxylic acids is 1. The number of nitrogens with zero attached hydrogens (tertiary/aromatic N) is 2. The molecule has 0 fully saturated rings. The number of rotatable bonds is 9. The SMILES string of the molecule is COCCCN(C)CC(=O)Nc1ncc(Cc2ccccc2F)s1. The minimum Gasteiger partial charge on any atom is -0.385 e. The van der Waals surface area contributed by atoms with Gasteiger partial charge in [0.25, 0.3) is 0 Å². The number of hydrogen-bond donors (Lipinski definition) is 1. The number of hydrogen-bond acceptors (Lipinski definition) is 5. The first-order valence-electron chi connectivity index (χ1n) is 7.74. The minimum atomic E-state index is -0.228. The molecular weight excluding hydrogens is 329 g/mol. The highest BCUT2D eigenvalue weighted by atomic mass is 32.1. The number of likely N-dealkylation sites (N-methyl/N-ethyl adjacent to an activating group) is 1. The van der Waals surface area contributed by atoms with Gasteiger partial charge in [-0.05, 0) is 25.1 Å². The number of ether oxygens (including phenoxy) is 1. The van der Waals surface area contributed by atoms with Crippen molar-refractivity contribution in [3.63, 3.8) is 0 Å². The number of anilines is 1. The lowest BCUT2D eigenvalue weighted by atomic mass is 10.1. The third kappa shape index (κ3) is 5.99. The van der Waals surface area contributed by atoms with Crippen LogP contribution in [0.25, 0.3) is 0 Å². The summed E-state index contributed by atoms with van der Waals surface area (Å²) in [6, 6.07) is 6.67. The fraction of sp³-hybridized carbons (Fsp3) is 0.412. The van der Waals surface area contributed by atoms with Crippen molar-refractivity contribution >= 4 is 22.4 Å². The van der Waals surface area contributed by atoms with Gasteiger partial charge in [-0.25, -0.2) is 9.37 Å². The van der Waals surface area contributed by atoms with Crippen LogP contribution in [0.5, 0.6) is 0 Å². The Hall–Kier alpha value is -1.83. The molecule has 1 N–H and O–H groups in total. The summed E-state index contributed by atoms with van der Waals surface area (Å²) in [5, 5.41) is 3.32. The molecule has 1 amide bonds. The summed E-state index contributed by atoms with van der Waals surface area (Å²) < 4.78 is 18.7. The van der Waals surface area contributed by atoms with E-state index in [1.807, 2.05) is 18.0 Å². The van der Waals surface area contributed by atoms with Gasteiger partial charge in [0.2, 0.25) is 5.91 Å². The molecule has 7 heteroatoms. The van der Waals surface area contributed by atoms with Crippen molar-refractivity contribution in [1.82, 2.24) is 9.88 Å². The van der Waals surface area contributed by atoms with Crippen molar-refractivity contribution in [2.45, 2.75) is 12.8 Å². The normalized spacial score (nSPS) is 11.0. The molecule has 0 unspecified atom stereocenters. The van der Waals surface area contributed by atoms with E-state index < -0.39 is 0 Å². The second kappa shape index (κ2) is 9.46. The van der Waals surface area contributed by atoms with Crippen LogP contribution in [0.4, 0.5) is 9.52 Å². The summed E-state index contributed by atoms with van der Waals surface area (Å²) in [4.78, 5) is 19.0. The Labute approximate surface area is 145 Å². The summed E-state index contributed by atoms with van der Waals surface area (Å²) in [7, 11) is 3.55. The maximum Gasteiger partial charge on any atom is 0.240 e. The highest BCUT2D eigenvalue weighted by molar-refractivity contribution is 7.15. The molecule has 0 aliphatic rings. The van der Waals surface area contributed by atoms with Gasteiger partial charge in [0.1, 0.15) is 5.82 Å². The number of halogens is 1. The first-order chi connectivity index (χ1) is 11.6. The molecule has 0 atom stereocenters. The van der Waals surface area contributed by atoms with Crippen LogP contribution in [0.1, 0.15) is 16.9 Å². The number of nitrogens with one attached hydrogen (secondary N) is 1. The van der Waals surface area contributed by atoms with Crippen molar-refractivity contribution in [3.8, 4) is 0 Å². The number of thiazole rings is 1. The smallest absolute Gasteiger partial charge is 0.240 e. The molecule has 5 nitrogen and oxygen atoms in total. The van der Waals surface area contributed by atoms with E-state index in [9.17, 15) is 9.18 Å². The monoisotopic (exact) mass is 351 g/mol. The summed E-state index contributed by atoms with van der Waals surface area (Å²) in [5.41, 5.74) is 0.622. The van der Waals surface area contributed by atoms with Gasteiger partial charge in [-0.15, -0.1) is 11.3 Å². The van der Waals surface area contributed by atoms with Gasteiger partial charge in [-0.1, -0.05) is 18.2 Å². The Morgan fingerprint density at radius 3 is 2.96 bits per heavy atom. The van der Waals surface area contributed by atoms with Crippen LogP contribution in [-0.4, -0.2) is 49.6 Å². The molecule has 1 heterocycles. The zero-order chi connectivity index (χ0) is 17.4. The minimum absolute atomic E-state index is 0.110. The fourth-order valence-electron chi connectivity index (χ4n) is 2.24. The second-order valence-electron chi connectivity index (χ2n) is 5.53. The third-order valence-corrected chi connectivity index (χ3v) is 4.34. The van der Waals surface area contributed by atoms with Crippen LogP contribution in [0.3, 0.4) is 0 Å². The number of amides is 1. The molecule has 130 valence electrons. The summed E-state index contributed by atoms with van der Waals surface area (Å²) in [5.74, 6) is -0.337. The molecule has 0 aliphatic carbocycles. The van der Waals surface area contributed by atoms with Crippen molar-refractivity contribution in [2.24, 2.45) is 0 Å². The van der Waals surface area contributed by atoms with E-state index in [4.69, 9.17) is 4.74 Å². The lowest BCUT2D eigenvalue weighted by molar-refractivity contribution is -0.117. The molecule has 0 saturated heterocycles. The first-order valence-corrected chi connectivity index (χ1v) is 8.55. The lowest BCUT2D eigenvalue weighted by Crippen LogP contribution is -2.31. The number of methoxy groups -OCH3 is 1. The van der Waals surface area contributed by atoms with E-state index in [0.29, 0.717) is 30.3 Å². The predicted octanol–water partition coefficient (Wildman–Crippen LogP) is 2.78. The maximum absolute atomic E-state index is 13.7. The molecule has 0 aliphatic heterocycles. The summed E-state index contributed by atoms with van der Waals surface area (Å²) >= 11 is 1.37. The summed E-state index contributed by atoms with van der Waals surface area (Å²) in [6.07, 6.45) is 3.02. The standard InChI is InChI=1S/C17H22FN3O2S/c1-21(8-5-9-23-2)12-16(22)20-17-19-11-14(24-17)10-13-6-3-4-7-15(13)18/h3-4,6-7,11H,5,8-10,12H2,1-2H3,(H,19,20,22). The van der Waals surface area contributed by atoms with Crippen LogP contribution in [-0.2, 0) is 16.0 Å². The predicted molar refractivity (Wildman–Crippen MR) is 93.9 cm³/mol. The Kier molecular flexibility index (Phi) is 7.30. The average molecular weight is 351 g/mol. The van der Waals surface area contributed by atoms with E-state index in [1.165, 1.54) is 17.4 Å². The molecular formula is C17H22FN3O2S. The van der Waals surface area contributed by atoms with Crippen LogP contribution in [0, 0.1) is 5.82 Å². The number of benzene rings is 1. The Bertz CT molecular complexity index is 663. The Morgan fingerprint density at radius 2 is 2.21 bits per heavy atom. The fourth-order valence-corrected chi connectivity index (χ4v) is 3.09. The zero-order valence-electron chi connectivity index (χ0n) is 13.9. The molecule has 0 radical (unpaired) electrons. The van der Waals surface area contributed by atoms with Gasteiger partial charge in [-0.2, -0.15) is 0 Å². The quantitative estimate of drug-likeness (QED) is 0.706. The van der Waals surface area contributed by atoms with E-state index in [1.54, 1.807) is 25.4 Å². The maximum atomic E-state index is 13.7. The van der Waals surface area contributed by atoms with Crippen LogP contribution in [0.2, 0.25) is 0 Å². The Morgan fingerprint density at radius 1 is 1.42 bits per heavy atom. The molecule has 2 aromatic rings. The topological polar surface area (TPSA) is 54.5 Å². The van der Waals surface area contributed by atoms with Crippen molar-refractivity contribution < 1.29 is 13.9 Å². The van der Waals surface area contributed by atoms with Gasteiger partial charge < -0.3 is 10.1 Å². The lowest BCUT2D eigenvalue weighted by Gasteiger charge is -2.15. The van der Waals surface area contributed by atoms with E-state index in [-0.39, 0.29) is 11.7 Å². The van der Waals surface area contributed by atoms with Crippen molar-refractivity contribution in [2.75, 3.05) is 39.2 Å². The highest BCUT2D eigenvalue weighted by Gasteiger charge is 2.10. The van der Waals surface area contributed by atoms with Gasteiger partial charge in [0.05, 0.1) is 6.54 Å². The molecule has 1 aromatic carbocycles. The van der Waals surface area contributed by atoms with Gasteiger partial charge in [0, 0.05) is 37.8 Å². The molecule has 24 heavy (non-hydrogen) atoms. The molecule has 1 aromatic heterocycles. The van der Waals surface area contributed by atoms with Crippen LogP contribution >= 0.6 is 11.3 Å². The summed E-state index contributed by atoms with van der Waals surface area (Å²) in [6.45, 7) is 1.77. The second-order valence-corrected chi connectivity index (χ2v) is 6.65. The van der Waals surface area contributed by atoms with Crippen molar-refractivity contribution in [1.29, 1.82) is 0 Å². The van der Waals surface area contributed by atoms with Gasteiger partial charge in [0.15, 0.2) is 5.13 Å². The molecule has 0 bridgehead atoms. The van der Waals surface area contributed by atoms with E-state index in [2.05, 4.69) is 10.3 Å². The highest BCUT2D eigenvalue weighted by Crippen LogP contribution is 2.22. The van der Waals surface area contributed by atoms with Crippen LogP contribution in [0.15, 0.2) is 30.5 Å². The molecule has 0 saturated carbocycles. The molecule has 0 spiro atoms. The van der Waals surface area contributed by atoms with Crippen LogP contribution < -0.4 is 5.32 Å². The molecule has 2 rings (SSSR count). The average Bonchev–Trinajstić information content (AvgIpc) is 2.96. The zero-order valence-corrected chi connectivity index (χ0v) is 14.7. The van der Waals surface area contributed by atoms with E-state index in [0.717, 1.165) is 17.8 Å². The first kappa shape index (κ1) is 18.5. The number of aromatic nitrogens is 1. The van der Waals surface area contributed by atoms with Crippen molar-refractivity contribution in [3.05, 3.63) is 46.7 Å². The van der Waals surface area contributed by atoms with Gasteiger partial charge in [-0.3, -0.25) is 9.69 Å². The third-order valence-electron chi connectivity index (χ3n) is 3.42. The number of carbonyl (C=O) groups is 1.